The van der Waals surface area contributed by atoms with Gasteiger partial charge >= 0.3 is 6.18 Å². The molecule has 1 saturated carbocycles. The summed E-state index contributed by atoms with van der Waals surface area (Å²) in [5.41, 5.74) is 0.327. The second-order valence-electron chi connectivity index (χ2n) is 5.20. The molecule has 3 rings (SSSR count). The molecule has 0 amide bonds. The fourth-order valence-electron chi connectivity index (χ4n) is 2.16. The van der Waals surface area contributed by atoms with E-state index in [0.29, 0.717) is 18.6 Å². The lowest BCUT2D eigenvalue weighted by molar-refractivity contribution is -0.0944. The van der Waals surface area contributed by atoms with Crippen molar-refractivity contribution < 1.29 is 17.6 Å². The van der Waals surface area contributed by atoms with Crippen LogP contribution in [0.25, 0.3) is 0 Å². The van der Waals surface area contributed by atoms with Gasteiger partial charge in [-0.15, -0.1) is 0 Å². The summed E-state index contributed by atoms with van der Waals surface area (Å²) in [6.07, 6.45) is 0.913. The molecule has 0 bridgehead atoms. The summed E-state index contributed by atoms with van der Waals surface area (Å²) >= 11 is 0. The molecule has 1 fully saturated rings. The number of aromatic nitrogens is 1. The molecule has 0 aromatic carbocycles. The first-order valence-electron chi connectivity index (χ1n) is 6.71. The van der Waals surface area contributed by atoms with Crippen molar-refractivity contribution in [2.45, 2.75) is 38.0 Å². The Bertz CT molecular complexity index is 505. The zero-order valence-corrected chi connectivity index (χ0v) is 10.9. The first-order valence-corrected chi connectivity index (χ1v) is 6.71. The first kappa shape index (κ1) is 13.5. The van der Waals surface area contributed by atoms with Crippen molar-refractivity contribution in [3.63, 3.8) is 0 Å². The predicted molar refractivity (Wildman–Crippen MR) is 67.3 cm³/mol. The highest BCUT2D eigenvalue weighted by Gasteiger charge is 2.35. The van der Waals surface area contributed by atoms with Crippen molar-refractivity contribution in [3.8, 4) is 0 Å². The molecule has 2 aliphatic rings. The van der Waals surface area contributed by atoms with Crippen molar-refractivity contribution in [3.05, 3.63) is 23.6 Å². The number of nitrogens with zero attached hydrogens (tertiary/aromatic N) is 2. The molecule has 4 nitrogen and oxygen atoms in total. The van der Waals surface area contributed by atoms with Crippen LogP contribution < -0.4 is 10.2 Å². The molecule has 0 atom stereocenters. The van der Waals surface area contributed by atoms with E-state index in [4.69, 9.17) is 4.42 Å². The number of oxazole rings is 1. The summed E-state index contributed by atoms with van der Waals surface area (Å²) in [7, 11) is 0. The largest absolute Gasteiger partial charge is 0.432 e. The number of halogens is 3. The second kappa shape index (κ2) is 5.12. The van der Waals surface area contributed by atoms with Crippen LogP contribution in [-0.2, 0) is 6.54 Å². The Hall–Kier alpha value is -1.50. The fraction of sp³-hybridized carbons (Fsp3) is 0.615. The van der Waals surface area contributed by atoms with Gasteiger partial charge in [-0.2, -0.15) is 18.2 Å². The van der Waals surface area contributed by atoms with Gasteiger partial charge in [0.15, 0.2) is 0 Å². The van der Waals surface area contributed by atoms with Crippen LogP contribution in [0.3, 0.4) is 0 Å². The van der Waals surface area contributed by atoms with Crippen molar-refractivity contribution >= 4 is 6.01 Å². The molecular formula is C13H16F3N3O. The van der Waals surface area contributed by atoms with Gasteiger partial charge in [0.2, 0.25) is 0 Å². The number of anilines is 1. The van der Waals surface area contributed by atoms with E-state index in [2.05, 4.69) is 10.3 Å². The Balaban J connectivity index is 1.58. The Morgan fingerprint density at radius 3 is 2.80 bits per heavy atom. The topological polar surface area (TPSA) is 41.3 Å². The molecule has 0 spiro atoms. The number of alkyl halides is 3. The molecule has 1 aromatic rings. The van der Waals surface area contributed by atoms with Crippen LogP contribution in [0.5, 0.6) is 0 Å². The van der Waals surface area contributed by atoms with Crippen LogP contribution in [0.2, 0.25) is 0 Å². The van der Waals surface area contributed by atoms with Crippen LogP contribution in [0.4, 0.5) is 19.2 Å². The van der Waals surface area contributed by atoms with E-state index in [1.165, 1.54) is 18.9 Å². The van der Waals surface area contributed by atoms with Crippen LogP contribution in [0, 0.1) is 0 Å². The third kappa shape index (κ3) is 3.15. The molecule has 0 unspecified atom stereocenters. The van der Waals surface area contributed by atoms with E-state index in [-0.39, 0.29) is 19.5 Å². The van der Waals surface area contributed by atoms with E-state index in [9.17, 15) is 13.2 Å². The number of hydrogen-bond acceptors (Lipinski definition) is 4. The van der Waals surface area contributed by atoms with Gasteiger partial charge in [0, 0.05) is 31.2 Å². The normalized spacial score (nSPS) is 20.1. The fourth-order valence-corrected chi connectivity index (χ4v) is 2.16. The maximum absolute atomic E-state index is 12.5. The zero-order valence-electron chi connectivity index (χ0n) is 10.9. The molecule has 1 aliphatic heterocycles. The second-order valence-corrected chi connectivity index (χ2v) is 5.20. The van der Waals surface area contributed by atoms with Gasteiger partial charge in [0.1, 0.15) is 6.26 Å². The molecule has 1 N–H and O–H groups in total. The predicted octanol–water partition coefficient (Wildman–Crippen LogP) is 2.63. The van der Waals surface area contributed by atoms with Gasteiger partial charge in [-0.1, -0.05) is 6.08 Å². The summed E-state index contributed by atoms with van der Waals surface area (Å²) in [4.78, 5) is 6.03. The molecule has 2 heterocycles. The van der Waals surface area contributed by atoms with E-state index in [0.717, 1.165) is 5.69 Å². The Labute approximate surface area is 114 Å². The Kier molecular flexibility index (Phi) is 3.45. The summed E-state index contributed by atoms with van der Waals surface area (Å²) in [6, 6.07) is 0.984. The molecule has 20 heavy (non-hydrogen) atoms. The minimum absolute atomic E-state index is 0.0263. The highest BCUT2D eigenvalue weighted by atomic mass is 19.4. The van der Waals surface area contributed by atoms with Crippen LogP contribution in [0.15, 0.2) is 22.3 Å². The lowest BCUT2D eigenvalue weighted by atomic mass is 10.1. The standard InChI is InChI=1S/C13H16F3N3O/c14-13(15,16)9-3-5-19(6-4-9)12-18-11(8-20-12)7-17-10-1-2-10/h3,8,10,17H,1-2,4-7H2. The van der Waals surface area contributed by atoms with Gasteiger partial charge in [0.05, 0.1) is 5.69 Å². The Morgan fingerprint density at radius 1 is 1.40 bits per heavy atom. The van der Waals surface area contributed by atoms with Crippen molar-refractivity contribution in [2.24, 2.45) is 0 Å². The summed E-state index contributed by atoms with van der Waals surface area (Å²) < 4.78 is 42.9. The summed E-state index contributed by atoms with van der Waals surface area (Å²) in [5, 5.41) is 3.31. The monoisotopic (exact) mass is 287 g/mol. The van der Waals surface area contributed by atoms with Gasteiger partial charge in [-0.25, -0.2) is 0 Å². The average molecular weight is 287 g/mol. The van der Waals surface area contributed by atoms with Gasteiger partial charge in [0.25, 0.3) is 6.01 Å². The quantitative estimate of drug-likeness (QED) is 0.864. The molecule has 0 saturated heterocycles. The average Bonchev–Trinajstić information content (AvgIpc) is 3.13. The lowest BCUT2D eigenvalue weighted by Gasteiger charge is -2.25. The Morgan fingerprint density at radius 2 is 2.20 bits per heavy atom. The van der Waals surface area contributed by atoms with E-state index >= 15 is 0 Å². The number of hydrogen-bond donors (Lipinski definition) is 1. The highest BCUT2D eigenvalue weighted by molar-refractivity contribution is 5.33. The van der Waals surface area contributed by atoms with E-state index in [1.807, 2.05) is 0 Å². The zero-order chi connectivity index (χ0) is 14.2. The maximum Gasteiger partial charge on any atom is 0.412 e. The van der Waals surface area contributed by atoms with Crippen molar-refractivity contribution in [1.29, 1.82) is 0 Å². The molecule has 7 heteroatoms. The lowest BCUT2D eigenvalue weighted by Crippen LogP contribution is -2.32. The van der Waals surface area contributed by atoms with E-state index < -0.39 is 11.7 Å². The summed E-state index contributed by atoms with van der Waals surface area (Å²) in [6.45, 7) is 1.11. The van der Waals surface area contributed by atoms with Gasteiger partial charge in [-0.3, -0.25) is 0 Å². The molecule has 0 radical (unpaired) electrons. The number of nitrogens with one attached hydrogen (secondary N) is 1. The molecule has 110 valence electrons. The maximum atomic E-state index is 12.5. The third-order valence-electron chi connectivity index (χ3n) is 3.53. The van der Waals surface area contributed by atoms with Crippen molar-refractivity contribution in [2.75, 3.05) is 18.0 Å². The van der Waals surface area contributed by atoms with Gasteiger partial charge in [-0.05, 0) is 19.3 Å². The smallest absolute Gasteiger partial charge is 0.412 e. The minimum atomic E-state index is -4.22. The first-order chi connectivity index (χ1) is 9.52. The van der Waals surface area contributed by atoms with Crippen molar-refractivity contribution in [1.82, 2.24) is 10.3 Å². The van der Waals surface area contributed by atoms with Crippen LogP contribution >= 0.6 is 0 Å². The van der Waals surface area contributed by atoms with Crippen LogP contribution in [-0.4, -0.2) is 30.3 Å². The van der Waals surface area contributed by atoms with Crippen LogP contribution in [0.1, 0.15) is 25.0 Å². The molecule has 1 aliphatic carbocycles. The SMILES string of the molecule is FC(F)(F)C1=CCN(c2nc(CNC3CC3)co2)CC1. The molecular weight excluding hydrogens is 271 g/mol. The molecule has 1 aromatic heterocycles. The number of rotatable bonds is 4. The third-order valence-corrected chi connectivity index (χ3v) is 3.53. The van der Waals surface area contributed by atoms with E-state index in [1.54, 1.807) is 11.2 Å². The minimum Gasteiger partial charge on any atom is -0.432 e. The highest BCUT2D eigenvalue weighted by Crippen LogP contribution is 2.31. The van der Waals surface area contributed by atoms with Gasteiger partial charge < -0.3 is 14.6 Å². The summed E-state index contributed by atoms with van der Waals surface area (Å²) in [5.74, 6) is 0.